The molecule has 2 N–H and O–H groups in total. The number of hydrogen-bond acceptors (Lipinski definition) is 5. The van der Waals surface area contributed by atoms with Crippen LogP contribution in [0.5, 0.6) is 0 Å². The minimum absolute atomic E-state index is 0.111. The van der Waals surface area contributed by atoms with Gasteiger partial charge in [-0.25, -0.2) is 10.2 Å². The number of amides is 2. The average molecular weight is 331 g/mol. The molecule has 0 aliphatic carbocycles. The standard InChI is InChI=1S/C17H21N3O4/c1-3-11(2)12-4-6-13(7-5-12)18-16(22)10-24-17(23)14-8-9-15(21)20-19-14/h4-7,11H,3,8-10H2,1-2H3,(H,18,22)(H,20,21)/t11-/m0/s1. The monoisotopic (exact) mass is 331 g/mol. The third-order valence-electron chi connectivity index (χ3n) is 3.85. The first-order chi connectivity index (χ1) is 11.5. The number of rotatable bonds is 6. The molecule has 1 heterocycles. The second kappa shape index (κ2) is 8.24. The number of hydrazone groups is 1. The Morgan fingerprint density at radius 1 is 1.29 bits per heavy atom. The molecule has 1 aliphatic heterocycles. The molecule has 0 saturated heterocycles. The van der Waals surface area contributed by atoms with Crippen LogP contribution in [0.4, 0.5) is 5.69 Å². The molecule has 24 heavy (non-hydrogen) atoms. The summed E-state index contributed by atoms with van der Waals surface area (Å²) in [6.45, 7) is 3.86. The molecule has 0 saturated carbocycles. The second-order valence-corrected chi connectivity index (χ2v) is 5.65. The largest absolute Gasteiger partial charge is 0.451 e. The molecule has 1 atom stereocenters. The summed E-state index contributed by atoms with van der Waals surface area (Å²) in [6, 6.07) is 7.58. The van der Waals surface area contributed by atoms with Crippen molar-refractivity contribution in [2.24, 2.45) is 5.10 Å². The maximum atomic E-state index is 11.8. The van der Waals surface area contributed by atoms with E-state index in [4.69, 9.17) is 4.74 Å². The van der Waals surface area contributed by atoms with Crippen molar-refractivity contribution in [2.75, 3.05) is 11.9 Å². The van der Waals surface area contributed by atoms with E-state index in [1.165, 1.54) is 5.56 Å². The van der Waals surface area contributed by atoms with E-state index in [-0.39, 0.29) is 24.5 Å². The van der Waals surface area contributed by atoms with Gasteiger partial charge in [-0.1, -0.05) is 26.0 Å². The lowest BCUT2D eigenvalue weighted by Gasteiger charge is -2.12. The Morgan fingerprint density at radius 2 is 2.00 bits per heavy atom. The predicted octanol–water partition coefficient (Wildman–Crippen LogP) is 1.95. The van der Waals surface area contributed by atoms with Gasteiger partial charge >= 0.3 is 5.97 Å². The first-order valence-electron chi connectivity index (χ1n) is 7.92. The highest BCUT2D eigenvalue weighted by Gasteiger charge is 2.20. The highest BCUT2D eigenvalue weighted by molar-refractivity contribution is 6.37. The normalized spacial score (nSPS) is 15.1. The number of nitrogens with one attached hydrogen (secondary N) is 2. The molecule has 1 aromatic carbocycles. The molecule has 0 fully saturated rings. The van der Waals surface area contributed by atoms with E-state index in [0.717, 1.165) is 6.42 Å². The number of esters is 1. The molecule has 1 aromatic rings. The van der Waals surface area contributed by atoms with Crippen molar-refractivity contribution < 1.29 is 19.1 Å². The zero-order chi connectivity index (χ0) is 17.5. The molecule has 2 amide bonds. The first-order valence-corrected chi connectivity index (χ1v) is 7.92. The molecular formula is C17H21N3O4. The summed E-state index contributed by atoms with van der Waals surface area (Å²) in [5, 5.41) is 6.28. The van der Waals surface area contributed by atoms with Crippen LogP contribution in [0.25, 0.3) is 0 Å². The van der Waals surface area contributed by atoms with Crippen LogP contribution in [0.1, 0.15) is 44.6 Å². The van der Waals surface area contributed by atoms with Crippen LogP contribution in [0, 0.1) is 0 Å². The van der Waals surface area contributed by atoms with Crippen LogP contribution < -0.4 is 10.7 Å². The summed E-state index contributed by atoms with van der Waals surface area (Å²) < 4.78 is 4.90. The van der Waals surface area contributed by atoms with Gasteiger partial charge in [-0.3, -0.25) is 9.59 Å². The smallest absolute Gasteiger partial charge is 0.355 e. The van der Waals surface area contributed by atoms with Crippen LogP contribution in [-0.2, 0) is 19.1 Å². The van der Waals surface area contributed by atoms with Crippen LogP contribution in [0.2, 0.25) is 0 Å². The minimum atomic E-state index is -0.697. The van der Waals surface area contributed by atoms with E-state index in [2.05, 4.69) is 29.7 Å². The number of benzene rings is 1. The average Bonchev–Trinajstić information content (AvgIpc) is 2.60. The van der Waals surface area contributed by atoms with Crippen LogP contribution in [0.15, 0.2) is 29.4 Å². The molecular weight excluding hydrogens is 310 g/mol. The Bertz CT molecular complexity index is 652. The quantitative estimate of drug-likeness (QED) is 0.779. The summed E-state index contributed by atoms with van der Waals surface area (Å²) in [4.78, 5) is 34.5. The van der Waals surface area contributed by atoms with Crippen LogP contribution >= 0.6 is 0 Å². The number of ether oxygens (including phenoxy) is 1. The fraction of sp³-hybridized carbons (Fsp3) is 0.412. The Hall–Kier alpha value is -2.70. The molecule has 0 aromatic heterocycles. The lowest BCUT2D eigenvalue weighted by molar-refractivity contribution is -0.140. The number of carbonyl (C=O) groups excluding carboxylic acids is 3. The summed E-state index contributed by atoms with van der Waals surface area (Å²) in [6.07, 6.45) is 1.44. The third-order valence-corrected chi connectivity index (χ3v) is 3.85. The van der Waals surface area contributed by atoms with Crippen molar-refractivity contribution in [2.45, 2.75) is 39.0 Å². The molecule has 7 nitrogen and oxygen atoms in total. The zero-order valence-electron chi connectivity index (χ0n) is 13.8. The summed E-state index contributed by atoms with van der Waals surface area (Å²) >= 11 is 0. The van der Waals surface area contributed by atoms with E-state index < -0.39 is 18.5 Å². The fourth-order valence-electron chi connectivity index (χ4n) is 2.16. The maximum absolute atomic E-state index is 11.8. The molecule has 0 unspecified atom stereocenters. The van der Waals surface area contributed by atoms with Gasteiger partial charge in [-0.2, -0.15) is 5.10 Å². The topological polar surface area (TPSA) is 96.9 Å². The second-order valence-electron chi connectivity index (χ2n) is 5.65. The van der Waals surface area contributed by atoms with Crippen molar-refractivity contribution in [3.63, 3.8) is 0 Å². The lowest BCUT2D eigenvalue weighted by Crippen LogP contribution is -2.32. The van der Waals surface area contributed by atoms with Gasteiger partial charge in [0.05, 0.1) is 0 Å². The first kappa shape index (κ1) is 17.7. The number of anilines is 1. The van der Waals surface area contributed by atoms with E-state index in [1.807, 2.05) is 24.3 Å². The van der Waals surface area contributed by atoms with Crippen molar-refractivity contribution in [1.82, 2.24) is 5.43 Å². The van der Waals surface area contributed by atoms with Gasteiger partial charge in [0.25, 0.3) is 5.91 Å². The Balaban J connectivity index is 1.81. The summed E-state index contributed by atoms with van der Waals surface area (Å²) in [5.74, 6) is -0.907. The molecule has 128 valence electrons. The molecule has 0 spiro atoms. The van der Waals surface area contributed by atoms with E-state index in [1.54, 1.807) is 0 Å². The fourth-order valence-corrected chi connectivity index (χ4v) is 2.16. The van der Waals surface area contributed by atoms with E-state index in [0.29, 0.717) is 11.6 Å². The van der Waals surface area contributed by atoms with Gasteiger partial charge in [0, 0.05) is 18.5 Å². The van der Waals surface area contributed by atoms with Crippen molar-refractivity contribution in [3.05, 3.63) is 29.8 Å². The van der Waals surface area contributed by atoms with E-state index in [9.17, 15) is 14.4 Å². The maximum Gasteiger partial charge on any atom is 0.355 e. The van der Waals surface area contributed by atoms with Gasteiger partial charge in [0.2, 0.25) is 5.91 Å². The van der Waals surface area contributed by atoms with Gasteiger partial charge in [-0.15, -0.1) is 0 Å². The Kier molecular flexibility index (Phi) is 6.06. The van der Waals surface area contributed by atoms with Gasteiger partial charge in [0.1, 0.15) is 5.71 Å². The van der Waals surface area contributed by atoms with Crippen molar-refractivity contribution in [3.8, 4) is 0 Å². The Labute approximate surface area is 140 Å². The SMILES string of the molecule is CC[C@H](C)c1ccc(NC(=O)COC(=O)C2=NNC(=O)CC2)cc1. The van der Waals surface area contributed by atoms with Crippen molar-refractivity contribution in [1.29, 1.82) is 0 Å². The lowest BCUT2D eigenvalue weighted by atomic mass is 9.99. The molecule has 0 bridgehead atoms. The predicted molar refractivity (Wildman–Crippen MR) is 89.5 cm³/mol. The van der Waals surface area contributed by atoms with Gasteiger partial charge in [-0.05, 0) is 30.0 Å². The van der Waals surface area contributed by atoms with Crippen molar-refractivity contribution >= 4 is 29.2 Å². The minimum Gasteiger partial charge on any atom is -0.451 e. The number of carbonyl (C=O) groups is 3. The Morgan fingerprint density at radius 3 is 2.58 bits per heavy atom. The molecule has 7 heteroatoms. The summed E-state index contributed by atoms with van der Waals surface area (Å²) in [5.41, 5.74) is 4.17. The number of hydrogen-bond donors (Lipinski definition) is 2. The molecule has 2 rings (SSSR count). The van der Waals surface area contributed by atoms with Gasteiger partial charge < -0.3 is 10.1 Å². The number of nitrogens with zero attached hydrogens (tertiary/aromatic N) is 1. The molecule has 1 aliphatic rings. The van der Waals surface area contributed by atoms with Crippen LogP contribution in [-0.4, -0.2) is 30.1 Å². The molecule has 0 radical (unpaired) electrons. The third kappa shape index (κ3) is 4.91. The van der Waals surface area contributed by atoms with Gasteiger partial charge in [0.15, 0.2) is 6.61 Å². The summed E-state index contributed by atoms with van der Waals surface area (Å²) in [7, 11) is 0. The highest BCUT2D eigenvalue weighted by atomic mass is 16.5. The highest BCUT2D eigenvalue weighted by Crippen LogP contribution is 2.20. The zero-order valence-corrected chi connectivity index (χ0v) is 13.8. The van der Waals surface area contributed by atoms with E-state index >= 15 is 0 Å². The van der Waals surface area contributed by atoms with Crippen LogP contribution in [0.3, 0.4) is 0 Å².